The minimum atomic E-state index is -3.78. The fraction of sp³-hybridized carbons (Fsp3) is 0.333. The highest BCUT2D eigenvalue weighted by atomic mass is 32.2. The van der Waals surface area contributed by atoms with E-state index < -0.39 is 10.0 Å². The average molecular weight is 432 g/mol. The molecule has 0 saturated heterocycles. The number of ether oxygens (including phenoxy) is 1. The van der Waals surface area contributed by atoms with Gasteiger partial charge >= 0.3 is 0 Å². The molecule has 8 nitrogen and oxygen atoms in total. The highest BCUT2D eigenvalue weighted by Crippen LogP contribution is 2.33. The van der Waals surface area contributed by atoms with Gasteiger partial charge in [-0.3, -0.25) is 9.59 Å². The second kappa shape index (κ2) is 8.85. The number of anilines is 2. The monoisotopic (exact) mass is 431 g/mol. The smallest absolute Gasteiger partial charge is 0.240 e. The van der Waals surface area contributed by atoms with Gasteiger partial charge in [0.1, 0.15) is 5.75 Å². The van der Waals surface area contributed by atoms with Crippen molar-refractivity contribution in [1.82, 2.24) is 4.72 Å². The van der Waals surface area contributed by atoms with Gasteiger partial charge in [-0.2, -0.15) is 0 Å². The molecule has 3 rings (SSSR count). The van der Waals surface area contributed by atoms with Crippen molar-refractivity contribution in [2.24, 2.45) is 0 Å². The second-order valence-electron chi connectivity index (χ2n) is 7.13. The van der Waals surface area contributed by atoms with Crippen molar-refractivity contribution in [3.8, 4) is 5.75 Å². The first-order valence-electron chi connectivity index (χ1n) is 9.58. The van der Waals surface area contributed by atoms with Crippen LogP contribution < -0.4 is 19.7 Å². The predicted octanol–water partition coefficient (Wildman–Crippen LogP) is 2.30. The van der Waals surface area contributed by atoms with E-state index in [4.69, 9.17) is 4.74 Å². The number of fused-ring (bicyclic) bond motifs is 1. The van der Waals surface area contributed by atoms with Gasteiger partial charge in [0.2, 0.25) is 21.8 Å². The SMILES string of the molecule is COc1ccccc1NC(=O)CCNS(=O)(=O)c1ccc2c(c1)CC(C)N2C(C)=O. The Balaban J connectivity index is 1.62. The van der Waals surface area contributed by atoms with Gasteiger partial charge in [-0.25, -0.2) is 13.1 Å². The summed E-state index contributed by atoms with van der Waals surface area (Å²) in [5, 5.41) is 2.71. The number of nitrogens with one attached hydrogen (secondary N) is 2. The van der Waals surface area contributed by atoms with Gasteiger partial charge in [-0.1, -0.05) is 12.1 Å². The van der Waals surface area contributed by atoms with Crippen molar-refractivity contribution < 1.29 is 22.7 Å². The number of hydrogen-bond donors (Lipinski definition) is 2. The molecule has 0 radical (unpaired) electrons. The van der Waals surface area contributed by atoms with Crippen LogP contribution in [0.4, 0.5) is 11.4 Å². The second-order valence-corrected chi connectivity index (χ2v) is 8.90. The summed E-state index contributed by atoms with van der Waals surface area (Å²) in [7, 11) is -2.27. The molecule has 2 amide bonds. The lowest BCUT2D eigenvalue weighted by Gasteiger charge is -2.20. The molecule has 1 aliphatic heterocycles. The third kappa shape index (κ3) is 4.63. The quantitative estimate of drug-likeness (QED) is 0.700. The summed E-state index contributed by atoms with van der Waals surface area (Å²) in [5.41, 5.74) is 2.08. The fourth-order valence-electron chi connectivity index (χ4n) is 3.60. The van der Waals surface area contributed by atoms with Crippen LogP contribution in [0.3, 0.4) is 0 Å². The standard InChI is InChI=1S/C21H25N3O5S/c1-14-12-16-13-17(8-9-19(16)24(14)15(2)25)30(27,28)22-11-10-21(26)23-18-6-4-5-7-20(18)29-3/h4-9,13-14,22H,10-12H2,1-3H3,(H,23,26). The predicted molar refractivity (Wildman–Crippen MR) is 114 cm³/mol. The lowest BCUT2D eigenvalue weighted by Crippen LogP contribution is -2.33. The molecule has 0 bridgehead atoms. The minimum absolute atomic E-state index is 0.0120. The third-order valence-corrected chi connectivity index (χ3v) is 6.40. The molecule has 2 N–H and O–H groups in total. The molecule has 0 fully saturated rings. The van der Waals surface area contributed by atoms with Crippen molar-refractivity contribution in [1.29, 1.82) is 0 Å². The van der Waals surface area contributed by atoms with Crippen LogP contribution in [-0.4, -0.2) is 39.9 Å². The number of carbonyl (C=O) groups excluding carboxylic acids is 2. The van der Waals surface area contributed by atoms with Crippen molar-refractivity contribution in [3.63, 3.8) is 0 Å². The van der Waals surface area contributed by atoms with Gasteiger partial charge in [0.25, 0.3) is 0 Å². The number of nitrogens with zero attached hydrogens (tertiary/aromatic N) is 1. The molecule has 160 valence electrons. The van der Waals surface area contributed by atoms with Crippen LogP contribution in [0.1, 0.15) is 25.8 Å². The molecular weight excluding hydrogens is 406 g/mol. The van der Waals surface area contributed by atoms with Gasteiger partial charge in [0.15, 0.2) is 0 Å². The van der Waals surface area contributed by atoms with Crippen LogP contribution in [-0.2, 0) is 26.0 Å². The third-order valence-electron chi connectivity index (χ3n) is 4.94. The lowest BCUT2D eigenvalue weighted by atomic mass is 10.1. The summed E-state index contributed by atoms with van der Waals surface area (Å²) in [6.07, 6.45) is 0.566. The normalized spacial score (nSPS) is 15.6. The zero-order valence-electron chi connectivity index (χ0n) is 17.1. The summed E-state index contributed by atoms with van der Waals surface area (Å²) < 4.78 is 32.9. The molecular formula is C21H25N3O5S. The molecule has 1 aliphatic rings. The average Bonchev–Trinajstić information content (AvgIpc) is 3.03. The summed E-state index contributed by atoms with van der Waals surface area (Å²) in [6, 6.07) is 11.7. The van der Waals surface area contributed by atoms with Crippen LogP contribution in [0, 0.1) is 0 Å². The van der Waals surface area contributed by atoms with Crippen LogP contribution in [0.2, 0.25) is 0 Å². The number of sulfonamides is 1. The van der Waals surface area contributed by atoms with Gasteiger partial charge in [0.05, 0.1) is 17.7 Å². The summed E-state index contributed by atoms with van der Waals surface area (Å²) >= 11 is 0. The van der Waals surface area contributed by atoms with Crippen molar-refractivity contribution in [2.45, 2.75) is 37.6 Å². The van der Waals surface area contributed by atoms with Crippen molar-refractivity contribution in [3.05, 3.63) is 48.0 Å². The van der Waals surface area contributed by atoms with Crippen LogP contribution in [0.15, 0.2) is 47.4 Å². The van der Waals surface area contributed by atoms with E-state index in [1.54, 1.807) is 41.3 Å². The highest BCUT2D eigenvalue weighted by Gasteiger charge is 2.30. The molecule has 1 atom stereocenters. The van der Waals surface area contributed by atoms with E-state index in [9.17, 15) is 18.0 Å². The lowest BCUT2D eigenvalue weighted by molar-refractivity contribution is -0.117. The van der Waals surface area contributed by atoms with Gasteiger partial charge in [-0.05, 0) is 49.2 Å². The number of para-hydroxylation sites is 2. The van der Waals surface area contributed by atoms with E-state index in [-0.39, 0.29) is 35.7 Å². The molecule has 0 aliphatic carbocycles. The van der Waals surface area contributed by atoms with Crippen LogP contribution >= 0.6 is 0 Å². The van der Waals surface area contributed by atoms with Gasteiger partial charge in [0, 0.05) is 31.6 Å². The van der Waals surface area contributed by atoms with E-state index in [2.05, 4.69) is 10.0 Å². The molecule has 0 saturated carbocycles. The number of carbonyl (C=O) groups is 2. The van der Waals surface area contributed by atoms with Gasteiger partial charge in [-0.15, -0.1) is 0 Å². The van der Waals surface area contributed by atoms with E-state index in [0.29, 0.717) is 17.9 Å². The van der Waals surface area contributed by atoms with Gasteiger partial charge < -0.3 is 15.0 Å². The Kier molecular flexibility index (Phi) is 6.42. The summed E-state index contributed by atoms with van der Waals surface area (Å²) in [5.74, 6) is 0.122. The topological polar surface area (TPSA) is 105 Å². The van der Waals surface area contributed by atoms with Crippen LogP contribution in [0.25, 0.3) is 0 Å². The number of amides is 2. The minimum Gasteiger partial charge on any atom is -0.495 e. The van der Waals surface area contributed by atoms with E-state index >= 15 is 0 Å². The Morgan fingerprint density at radius 1 is 1.20 bits per heavy atom. The Morgan fingerprint density at radius 2 is 1.93 bits per heavy atom. The first-order valence-corrected chi connectivity index (χ1v) is 11.1. The van der Waals surface area contributed by atoms with Crippen LogP contribution in [0.5, 0.6) is 5.75 Å². The molecule has 2 aromatic carbocycles. The van der Waals surface area contributed by atoms with E-state index in [1.165, 1.54) is 20.1 Å². The first-order chi connectivity index (χ1) is 14.2. The van der Waals surface area contributed by atoms with E-state index in [1.807, 2.05) is 6.92 Å². The maximum absolute atomic E-state index is 12.6. The Labute approximate surface area is 176 Å². The highest BCUT2D eigenvalue weighted by molar-refractivity contribution is 7.89. The fourth-order valence-corrected chi connectivity index (χ4v) is 4.68. The van der Waals surface area contributed by atoms with E-state index in [0.717, 1.165) is 11.3 Å². The number of hydrogen-bond acceptors (Lipinski definition) is 5. The largest absolute Gasteiger partial charge is 0.495 e. The first kappa shape index (κ1) is 21.8. The zero-order chi connectivity index (χ0) is 21.9. The maximum atomic E-state index is 12.6. The number of rotatable bonds is 7. The van der Waals surface area contributed by atoms with Crippen molar-refractivity contribution in [2.75, 3.05) is 23.9 Å². The molecule has 9 heteroatoms. The molecule has 30 heavy (non-hydrogen) atoms. The van der Waals surface area contributed by atoms with Crippen molar-refractivity contribution >= 4 is 33.2 Å². The number of methoxy groups -OCH3 is 1. The Hall–Kier alpha value is -2.91. The zero-order valence-corrected chi connectivity index (χ0v) is 18.0. The Bertz CT molecular complexity index is 1070. The molecule has 0 spiro atoms. The summed E-state index contributed by atoms with van der Waals surface area (Å²) in [4.78, 5) is 25.8. The summed E-state index contributed by atoms with van der Waals surface area (Å²) in [6.45, 7) is 3.37. The molecule has 2 aromatic rings. The molecule has 1 unspecified atom stereocenters. The molecule has 0 aromatic heterocycles. The Morgan fingerprint density at radius 3 is 2.63 bits per heavy atom. The maximum Gasteiger partial charge on any atom is 0.240 e. The number of benzene rings is 2. The molecule has 1 heterocycles.